The number of anilines is 1. The highest BCUT2D eigenvalue weighted by Gasteiger charge is 2.26. The third-order valence-corrected chi connectivity index (χ3v) is 6.74. The lowest BCUT2D eigenvalue weighted by atomic mass is 9.96. The maximum Gasteiger partial charge on any atom is 0.248 e. The molecule has 0 fully saturated rings. The zero-order valence-corrected chi connectivity index (χ0v) is 20.3. The fourth-order valence-corrected chi connectivity index (χ4v) is 4.88. The zero-order chi connectivity index (χ0) is 25.4. The summed E-state index contributed by atoms with van der Waals surface area (Å²) >= 11 is 0. The fourth-order valence-electron chi connectivity index (χ4n) is 4.88. The quantitative estimate of drug-likeness (QED) is 0.585. The van der Waals surface area contributed by atoms with Gasteiger partial charge in [-0.3, -0.25) is 4.79 Å². The van der Waals surface area contributed by atoms with Crippen LogP contribution in [0.3, 0.4) is 0 Å². The van der Waals surface area contributed by atoms with Crippen molar-refractivity contribution in [2.24, 2.45) is 0 Å². The van der Waals surface area contributed by atoms with Gasteiger partial charge < -0.3 is 19.6 Å². The van der Waals surface area contributed by atoms with Crippen LogP contribution in [0.5, 0.6) is 5.75 Å². The molecule has 2 aromatic carbocycles. The smallest absolute Gasteiger partial charge is 0.248 e. The number of carbonyl (C=O) groups is 1. The van der Waals surface area contributed by atoms with Crippen molar-refractivity contribution in [3.63, 3.8) is 0 Å². The Labute approximate surface area is 208 Å². The number of carbonyl (C=O) groups excluding carboxylic acids is 1. The molecule has 188 valence electrons. The number of nitrogens with zero attached hydrogens (tertiary/aromatic N) is 4. The number of hydrogen-bond acceptors (Lipinski definition) is 6. The molecule has 36 heavy (non-hydrogen) atoms. The molecule has 1 N–H and O–H groups in total. The number of fused-ring (bicyclic) bond motifs is 2. The Morgan fingerprint density at radius 3 is 2.75 bits per heavy atom. The molecule has 9 heteroatoms. The standard InChI is InChI=1S/C27H28F2N4O3/c1-16(2)33-7-8-36-27-21(28)11-19(12-23(27)33)26-22(29)13-30-24(31-26)10-17-3-4-18-5-6-32(25(35)15-34)14-20(18)9-17/h3-4,9,11-13,16,34H,5-8,10,14-15H2,1-2H3. The summed E-state index contributed by atoms with van der Waals surface area (Å²) < 4.78 is 35.3. The lowest BCUT2D eigenvalue weighted by Gasteiger charge is -2.34. The lowest BCUT2D eigenvalue weighted by Crippen LogP contribution is -2.38. The number of aliphatic hydroxyl groups is 1. The van der Waals surface area contributed by atoms with Gasteiger partial charge in [0.2, 0.25) is 5.91 Å². The number of rotatable bonds is 5. The van der Waals surface area contributed by atoms with Gasteiger partial charge in [-0.05, 0) is 49.1 Å². The maximum atomic E-state index is 14.9. The monoisotopic (exact) mass is 494 g/mol. The maximum absolute atomic E-state index is 14.9. The number of aliphatic hydroxyl groups excluding tert-OH is 1. The van der Waals surface area contributed by atoms with Crippen LogP contribution in [0.1, 0.15) is 36.4 Å². The molecule has 0 bridgehead atoms. The zero-order valence-electron chi connectivity index (χ0n) is 20.3. The van der Waals surface area contributed by atoms with Crippen LogP contribution in [0.25, 0.3) is 11.3 Å². The van der Waals surface area contributed by atoms with E-state index in [2.05, 4.69) is 9.97 Å². The van der Waals surface area contributed by atoms with Crippen LogP contribution >= 0.6 is 0 Å². The highest BCUT2D eigenvalue weighted by Crippen LogP contribution is 2.39. The highest BCUT2D eigenvalue weighted by atomic mass is 19.1. The second kappa shape index (κ2) is 9.81. The van der Waals surface area contributed by atoms with Gasteiger partial charge in [-0.2, -0.15) is 0 Å². The highest BCUT2D eigenvalue weighted by molar-refractivity contribution is 5.77. The Bertz CT molecular complexity index is 1310. The van der Waals surface area contributed by atoms with Crippen molar-refractivity contribution < 1.29 is 23.4 Å². The molecule has 2 aliphatic rings. The average Bonchev–Trinajstić information content (AvgIpc) is 2.88. The van der Waals surface area contributed by atoms with Crippen LogP contribution in [0.4, 0.5) is 14.5 Å². The SMILES string of the molecule is CC(C)N1CCOc2c(F)cc(-c3nc(Cc4ccc5c(c4)CN(C(=O)CO)CC5)ncc3F)cc21. The van der Waals surface area contributed by atoms with Crippen molar-refractivity contribution >= 4 is 11.6 Å². The Morgan fingerprint density at radius 2 is 1.97 bits per heavy atom. The first-order valence-corrected chi connectivity index (χ1v) is 12.1. The second-order valence-electron chi connectivity index (χ2n) is 9.43. The van der Waals surface area contributed by atoms with Gasteiger partial charge in [-0.25, -0.2) is 18.7 Å². The van der Waals surface area contributed by atoms with Crippen molar-refractivity contribution in [2.45, 2.75) is 39.3 Å². The van der Waals surface area contributed by atoms with Gasteiger partial charge in [-0.15, -0.1) is 0 Å². The number of benzene rings is 2. The number of amides is 1. The summed E-state index contributed by atoms with van der Waals surface area (Å²) in [6.07, 6.45) is 2.19. The normalized spacial score (nSPS) is 14.9. The van der Waals surface area contributed by atoms with Gasteiger partial charge >= 0.3 is 0 Å². The van der Waals surface area contributed by atoms with E-state index in [4.69, 9.17) is 4.74 Å². The minimum absolute atomic E-state index is 0.0358. The van der Waals surface area contributed by atoms with Crippen molar-refractivity contribution in [1.82, 2.24) is 14.9 Å². The molecule has 3 aromatic rings. The molecule has 0 unspecified atom stereocenters. The lowest BCUT2D eigenvalue weighted by molar-refractivity contribution is -0.135. The largest absolute Gasteiger partial charge is 0.486 e. The summed E-state index contributed by atoms with van der Waals surface area (Å²) in [6.45, 7) is 5.53. The summed E-state index contributed by atoms with van der Waals surface area (Å²) in [4.78, 5) is 24.2. The molecule has 0 saturated carbocycles. The van der Waals surface area contributed by atoms with Crippen LogP contribution in [0, 0.1) is 11.6 Å². The van der Waals surface area contributed by atoms with Gasteiger partial charge in [0.1, 0.15) is 24.7 Å². The van der Waals surface area contributed by atoms with Crippen molar-refractivity contribution in [3.8, 4) is 17.0 Å². The van der Waals surface area contributed by atoms with Crippen LogP contribution in [0.15, 0.2) is 36.5 Å². The number of ether oxygens (including phenoxy) is 1. The van der Waals surface area contributed by atoms with Crippen molar-refractivity contribution in [1.29, 1.82) is 0 Å². The molecule has 0 aliphatic carbocycles. The third-order valence-electron chi connectivity index (χ3n) is 6.74. The van der Waals surface area contributed by atoms with E-state index in [9.17, 15) is 18.7 Å². The molecule has 0 atom stereocenters. The number of hydrogen-bond donors (Lipinski definition) is 1. The Kier molecular flexibility index (Phi) is 6.57. The van der Waals surface area contributed by atoms with Gasteiger partial charge in [0.25, 0.3) is 0 Å². The van der Waals surface area contributed by atoms with E-state index < -0.39 is 18.2 Å². The first-order valence-electron chi connectivity index (χ1n) is 12.1. The minimum Gasteiger partial charge on any atom is -0.486 e. The molecular formula is C27H28F2N4O3. The Hall–Kier alpha value is -3.59. The van der Waals surface area contributed by atoms with Crippen LogP contribution < -0.4 is 9.64 Å². The first-order chi connectivity index (χ1) is 17.3. The summed E-state index contributed by atoms with van der Waals surface area (Å²) in [5, 5.41) is 9.18. The van der Waals surface area contributed by atoms with E-state index >= 15 is 0 Å². The predicted molar refractivity (Wildman–Crippen MR) is 131 cm³/mol. The van der Waals surface area contributed by atoms with Gasteiger partial charge in [-0.1, -0.05) is 18.2 Å². The summed E-state index contributed by atoms with van der Waals surface area (Å²) in [7, 11) is 0. The molecule has 5 rings (SSSR count). The van der Waals surface area contributed by atoms with Crippen LogP contribution in [-0.4, -0.2) is 58.2 Å². The van der Waals surface area contributed by atoms with E-state index in [1.807, 2.05) is 36.9 Å². The van der Waals surface area contributed by atoms with E-state index in [0.29, 0.717) is 49.7 Å². The molecule has 1 amide bonds. The van der Waals surface area contributed by atoms with E-state index in [0.717, 1.165) is 29.3 Å². The van der Waals surface area contributed by atoms with Crippen LogP contribution in [0.2, 0.25) is 0 Å². The second-order valence-corrected chi connectivity index (χ2v) is 9.43. The van der Waals surface area contributed by atoms with E-state index in [-0.39, 0.29) is 23.4 Å². The summed E-state index contributed by atoms with van der Waals surface area (Å²) in [5.41, 5.74) is 4.03. The molecule has 0 saturated heterocycles. The van der Waals surface area contributed by atoms with E-state index in [1.54, 1.807) is 11.0 Å². The Balaban J connectivity index is 1.44. The molecule has 0 radical (unpaired) electrons. The summed E-state index contributed by atoms with van der Waals surface area (Å²) in [6, 6.07) is 9.10. The summed E-state index contributed by atoms with van der Waals surface area (Å²) in [5.74, 6) is -0.897. The molecule has 3 heterocycles. The molecule has 2 aliphatic heterocycles. The Morgan fingerprint density at radius 1 is 1.14 bits per heavy atom. The number of halogens is 2. The minimum atomic E-state index is -0.630. The molecule has 7 nitrogen and oxygen atoms in total. The predicted octanol–water partition coefficient (Wildman–Crippen LogP) is 3.50. The van der Waals surface area contributed by atoms with Gasteiger partial charge in [0.15, 0.2) is 17.4 Å². The topological polar surface area (TPSA) is 78.8 Å². The number of aromatic nitrogens is 2. The van der Waals surface area contributed by atoms with E-state index in [1.165, 1.54) is 6.07 Å². The molecular weight excluding hydrogens is 466 g/mol. The average molecular weight is 495 g/mol. The third kappa shape index (κ3) is 4.63. The van der Waals surface area contributed by atoms with Crippen LogP contribution in [-0.2, 0) is 24.2 Å². The van der Waals surface area contributed by atoms with Gasteiger partial charge in [0.05, 0.1) is 18.4 Å². The van der Waals surface area contributed by atoms with Gasteiger partial charge in [0, 0.05) is 31.1 Å². The fraction of sp³-hybridized carbons (Fsp3) is 0.370. The van der Waals surface area contributed by atoms with Crippen molar-refractivity contribution in [3.05, 3.63) is 70.7 Å². The van der Waals surface area contributed by atoms with Crippen molar-refractivity contribution in [2.75, 3.05) is 31.2 Å². The molecule has 1 aromatic heterocycles. The molecule has 0 spiro atoms. The first kappa shape index (κ1) is 24.1.